The summed E-state index contributed by atoms with van der Waals surface area (Å²) in [5, 5.41) is 2.08. The molecule has 1 aromatic rings. The highest BCUT2D eigenvalue weighted by molar-refractivity contribution is 6.44. The summed E-state index contributed by atoms with van der Waals surface area (Å²) in [6.07, 6.45) is 0. The van der Waals surface area contributed by atoms with Crippen LogP contribution in [0.25, 0.3) is 0 Å². The standard InChI is InChI=1S/C12H9F2N3O4/c1-16-10(19)11(20)17(12(16)21)5-9(18)15-8-3-2-6(13)4-7(8)14/h2-4H,5H2,1H3,(H,15,18). The van der Waals surface area contributed by atoms with Crippen LogP contribution in [0.2, 0.25) is 0 Å². The molecule has 110 valence electrons. The van der Waals surface area contributed by atoms with Gasteiger partial charge in [0.25, 0.3) is 0 Å². The van der Waals surface area contributed by atoms with Crippen LogP contribution in [0.3, 0.4) is 0 Å². The monoisotopic (exact) mass is 297 g/mol. The van der Waals surface area contributed by atoms with Gasteiger partial charge in [-0.25, -0.2) is 18.5 Å². The number of rotatable bonds is 3. The van der Waals surface area contributed by atoms with Gasteiger partial charge in [-0.1, -0.05) is 0 Å². The van der Waals surface area contributed by atoms with E-state index in [-0.39, 0.29) is 5.69 Å². The molecule has 5 amide bonds. The third-order valence-corrected chi connectivity index (χ3v) is 2.76. The minimum atomic E-state index is -1.14. The van der Waals surface area contributed by atoms with E-state index in [0.717, 1.165) is 19.2 Å². The van der Waals surface area contributed by atoms with Crippen molar-refractivity contribution in [3.63, 3.8) is 0 Å². The topological polar surface area (TPSA) is 86.8 Å². The van der Waals surface area contributed by atoms with Gasteiger partial charge in [0.05, 0.1) is 5.69 Å². The zero-order valence-corrected chi connectivity index (χ0v) is 10.7. The second-order valence-electron chi connectivity index (χ2n) is 4.21. The van der Waals surface area contributed by atoms with Crippen molar-refractivity contribution in [3.8, 4) is 0 Å². The molecule has 1 saturated heterocycles. The second-order valence-corrected chi connectivity index (χ2v) is 4.21. The van der Waals surface area contributed by atoms with Crippen molar-refractivity contribution in [2.75, 3.05) is 18.9 Å². The maximum Gasteiger partial charge on any atom is 0.334 e. The quantitative estimate of drug-likeness (QED) is 0.643. The van der Waals surface area contributed by atoms with Crippen LogP contribution >= 0.6 is 0 Å². The molecule has 9 heteroatoms. The summed E-state index contributed by atoms with van der Waals surface area (Å²) in [5.41, 5.74) is -0.305. The predicted octanol–water partition coefficient (Wildman–Crippen LogP) is 0.324. The predicted molar refractivity (Wildman–Crippen MR) is 64.9 cm³/mol. The lowest BCUT2D eigenvalue weighted by Crippen LogP contribution is -2.38. The van der Waals surface area contributed by atoms with Gasteiger partial charge < -0.3 is 5.32 Å². The summed E-state index contributed by atoms with van der Waals surface area (Å²) in [4.78, 5) is 46.9. The summed E-state index contributed by atoms with van der Waals surface area (Å²) in [7, 11) is 1.10. The fraction of sp³-hybridized carbons (Fsp3) is 0.167. The molecule has 1 fully saturated rings. The van der Waals surface area contributed by atoms with Gasteiger partial charge in [-0.15, -0.1) is 0 Å². The normalized spacial score (nSPS) is 14.9. The summed E-state index contributed by atoms with van der Waals surface area (Å²) in [5.74, 6) is -4.92. The smallest absolute Gasteiger partial charge is 0.322 e. The van der Waals surface area contributed by atoms with Crippen molar-refractivity contribution >= 4 is 29.4 Å². The lowest BCUT2D eigenvalue weighted by atomic mass is 10.3. The molecule has 0 bridgehead atoms. The zero-order valence-electron chi connectivity index (χ0n) is 10.7. The van der Waals surface area contributed by atoms with Gasteiger partial charge in [0.1, 0.15) is 18.2 Å². The molecule has 0 aromatic heterocycles. The van der Waals surface area contributed by atoms with Gasteiger partial charge in [0.2, 0.25) is 5.91 Å². The lowest BCUT2D eigenvalue weighted by molar-refractivity contribution is -0.143. The molecular formula is C12H9F2N3O4. The molecule has 1 aliphatic rings. The van der Waals surface area contributed by atoms with Crippen LogP contribution in [0, 0.1) is 11.6 Å². The Morgan fingerprint density at radius 3 is 2.38 bits per heavy atom. The van der Waals surface area contributed by atoms with Gasteiger partial charge in [-0.2, -0.15) is 0 Å². The summed E-state index contributed by atoms with van der Waals surface area (Å²) in [6, 6.07) is 1.55. The van der Waals surface area contributed by atoms with E-state index in [1.165, 1.54) is 0 Å². The number of anilines is 1. The average molecular weight is 297 g/mol. The van der Waals surface area contributed by atoms with Gasteiger partial charge in [0.15, 0.2) is 0 Å². The first-order chi connectivity index (χ1) is 9.81. The number of carbonyl (C=O) groups is 4. The van der Waals surface area contributed by atoms with E-state index in [2.05, 4.69) is 5.32 Å². The summed E-state index contributed by atoms with van der Waals surface area (Å²) >= 11 is 0. The van der Waals surface area contributed by atoms with Crippen molar-refractivity contribution in [2.45, 2.75) is 0 Å². The van der Waals surface area contributed by atoms with Crippen LogP contribution in [0.5, 0.6) is 0 Å². The number of halogens is 2. The number of hydrogen-bond acceptors (Lipinski definition) is 4. The maximum atomic E-state index is 13.3. The average Bonchev–Trinajstić information content (AvgIpc) is 2.60. The Bertz CT molecular complexity index is 662. The first-order valence-electron chi connectivity index (χ1n) is 5.69. The van der Waals surface area contributed by atoms with Gasteiger partial charge >= 0.3 is 17.8 Å². The molecule has 0 radical (unpaired) electrons. The SMILES string of the molecule is CN1C(=O)C(=O)N(CC(=O)Nc2ccc(F)cc2F)C1=O. The van der Waals surface area contributed by atoms with Gasteiger partial charge in [0, 0.05) is 13.1 Å². The van der Waals surface area contributed by atoms with Crippen LogP contribution in [-0.4, -0.2) is 47.1 Å². The third kappa shape index (κ3) is 2.71. The molecule has 0 saturated carbocycles. The lowest BCUT2D eigenvalue weighted by Gasteiger charge is -2.13. The van der Waals surface area contributed by atoms with Crippen LogP contribution in [0.1, 0.15) is 0 Å². The maximum absolute atomic E-state index is 13.3. The minimum absolute atomic E-state index is 0.305. The molecular weight excluding hydrogens is 288 g/mol. The van der Waals surface area contributed by atoms with Crippen molar-refractivity contribution < 1.29 is 28.0 Å². The van der Waals surface area contributed by atoms with Crippen LogP contribution < -0.4 is 5.32 Å². The minimum Gasteiger partial charge on any atom is -0.322 e. The zero-order chi connectivity index (χ0) is 15.7. The van der Waals surface area contributed by atoms with E-state index in [0.29, 0.717) is 15.9 Å². The van der Waals surface area contributed by atoms with Crippen LogP contribution in [0.15, 0.2) is 18.2 Å². The Kier molecular flexibility index (Phi) is 3.66. The highest BCUT2D eigenvalue weighted by atomic mass is 19.1. The number of imide groups is 2. The molecule has 1 N–H and O–H groups in total. The van der Waals surface area contributed by atoms with E-state index in [1.54, 1.807) is 0 Å². The van der Waals surface area contributed by atoms with E-state index in [1.807, 2.05) is 0 Å². The molecule has 21 heavy (non-hydrogen) atoms. The molecule has 0 atom stereocenters. The van der Waals surface area contributed by atoms with Crippen molar-refractivity contribution in [1.29, 1.82) is 0 Å². The highest BCUT2D eigenvalue weighted by Gasteiger charge is 2.42. The molecule has 7 nitrogen and oxygen atoms in total. The number of urea groups is 1. The molecule has 1 aliphatic heterocycles. The number of carbonyl (C=O) groups excluding carboxylic acids is 4. The Labute approximate surface area is 117 Å². The van der Waals surface area contributed by atoms with Gasteiger partial charge in [-0.3, -0.25) is 19.3 Å². The second kappa shape index (κ2) is 5.27. The first kappa shape index (κ1) is 14.6. The number of likely N-dealkylation sites (N-methyl/N-ethyl adjacent to an activating group) is 1. The fourth-order valence-electron chi connectivity index (χ4n) is 1.68. The van der Waals surface area contributed by atoms with Crippen molar-refractivity contribution in [2.24, 2.45) is 0 Å². The molecule has 1 heterocycles. The number of nitrogens with one attached hydrogen (secondary N) is 1. The van der Waals surface area contributed by atoms with Crippen molar-refractivity contribution in [3.05, 3.63) is 29.8 Å². The molecule has 1 aromatic carbocycles. The Morgan fingerprint density at radius 1 is 1.19 bits per heavy atom. The van der Waals surface area contributed by atoms with E-state index in [9.17, 15) is 28.0 Å². The number of benzene rings is 1. The molecule has 2 rings (SSSR count). The van der Waals surface area contributed by atoms with E-state index >= 15 is 0 Å². The Morgan fingerprint density at radius 2 is 1.86 bits per heavy atom. The van der Waals surface area contributed by atoms with Crippen molar-refractivity contribution in [1.82, 2.24) is 9.80 Å². The fourth-order valence-corrected chi connectivity index (χ4v) is 1.68. The van der Waals surface area contributed by atoms with Crippen LogP contribution in [0.4, 0.5) is 19.3 Å². The Balaban J connectivity index is 2.07. The molecule has 0 spiro atoms. The number of hydrogen-bond donors (Lipinski definition) is 1. The number of amides is 5. The largest absolute Gasteiger partial charge is 0.334 e. The van der Waals surface area contributed by atoms with Gasteiger partial charge in [-0.05, 0) is 12.1 Å². The van der Waals surface area contributed by atoms with E-state index in [4.69, 9.17) is 0 Å². The first-order valence-corrected chi connectivity index (χ1v) is 5.69. The highest BCUT2D eigenvalue weighted by Crippen LogP contribution is 2.15. The molecule has 0 unspecified atom stereocenters. The van der Waals surface area contributed by atoms with Crippen LogP contribution in [-0.2, 0) is 14.4 Å². The third-order valence-electron chi connectivity index (χ3n) is 2.76. The Hall–Kier alpha value is -2.84. The summed E-state index contributed by atoms with van der Waals surface area (Å²) in [6.45, 7) is -0.745. The molecule has 0 aliphatic carbocycles. The number of nitrogens with zero attached hydrogens (tertiary/aromatic N) is 2. The summed E-state index contributed by atoms with van der Waals surface area (Å²) < 4.78 is 26.0. The van der Waals surface area contributed by atoms with E-state index < -0.39 is 41.9 Å².